The SMILES string of the molecule is CC(CNC(=O)c1ccnc(CN)c1)CN1CCCCC1. The summed E-state index contributed by atoms with van der Waals surface area (Å²) in [6.07, 6.45) is 5.59. The first-order chi connectivity index (χ1) is 10.2. The van der Waals surface area contributed by atoms with Gasteiger partial charge in [0.05, 0.1) is 5.69 Å². The highest BCUT2D eigenvalue weighted by Crippen LogP contribution is 2.10. The molecule has 116 valence electrons. The summed E-state index contributed by atoms with van der Waals surface area (Å²) < 4.78 is 0. The highest BCUT2D eigenvalue weighted by molar-refractivity contribution is 5.94. The number of pyridine rings is 1. The lowest BCUT2D eigenvalue weighted by Gasteiger charge is -2.29. The number of hydrogen-bond donors (Lipinski definition) is 2. The van der Waals surface area contributed by atoms with Crippen molar-refractivity contribution in [3.8, 4) is 0 Å². The fourth-order valence-electron chi connectivity index (χ4n) is 2.75. The van der Waals surface area contributed by atoms with E-state index in [1.807, 2.05) is 0 Å². The molecule has 1 aliphatic heterocycles. The van der Waals surface area contributed by atoms with Gasteiger partial charge in [0.2, 0.25) is 0 Å². The average Bonchev–Trinajstić information content (AvgIpc) is 2.53. The molecule has 21 heavy (non-hydrogen) atoms. The number of hydrogen-bond acceptors (Lipinski definition) is 4. The number of carbonyl (C=O) groups excluding carboxylic acids is 1. The number of amides is 1. The topological polar surface area (TPSA) is 71.2 Å². The number of likely N-dealkylation sites (tertiary alicyclic amines) is 1. The largest absolute Gasteiger partial charge is 0.352 e. The van der Waals surface area contributed by atoms with Gasteiger partial charge in [-0.05, 0) is 44.0 Å². The number of nitrogens with zero attached hydrogens (tertiary/aromatic N) is 2. The van der Waals surface area contributed by atoms with E-state index in [4.69, 9.17) is 5.73 Å². The zero-order chi connectivity index (χ0) is 15.1. The Kier molecular flexibility index (Phi) is 6.14. The van der Waals surface area contributed by atoms with Crippen LogP contribution in [0.5, 0.6) is 0 Å². The van der Waals surface area contributed by atoms with Gasteiger partial charge in [0, 0.05) is 31.4 Å². The third-order valence-corrected chi connectivity index (χ3v) is 3.92. The molecule has 3 N–H and O–H groups in total. The minimum Gasteiger partial charge on any atom is -0.352 e. The highest BCUT2D eigenvalue weighted by atomic mass is 16.1. The van der Waals surface area contributed by atoms with Crippen LogP contribution in [0.25, 0.3) is 0 Å². The van der Waals surface area contributed by atoms with Crippen LogP contribution in [0.4, 0.5) is 0 Å². The lowest BCUT2D eigenvalue weighted by atomic mass is 10.1. The van der Waals surface area contributed by atoms with Crippen LogP contribution in [-0.2, 0) is 6.54 Å². The van der Waals surface area contributed by atoms with Crippen LogP contribution in [0.1, 0.15) is 42.2 Å². The van der Waals surface area contributed by atoms with Crippen molar-refractivity contribution in [2.75, 3.05) is 26.2 Å². The van der Waals surface area contributed by atoms with Gasteiger partial charge < -0.3 is 16.0 Å². The fourth-order valence-corrected chi connectivity index (χ4v) is 2.75. The summed E-state index contributed by atoms with van der Waals surface area (Å²) in [6.45, 7) is 6.70. The van der Waals surface area contributed by atoms with Crippen LogP contribution >= 0.6 is 0 Å². The van der Waals surface area contributed by atoms with E-state index in [9.17, 15) is 4.79 Å². The normalized spacial score (nSPS) is 17.4. The van der Waals surface area contributed by atoms with Crippen molar-refractivity contribution in [3.05, 3.63) is 29.6 Å². The lowest BCUT2D eigenvalue weighted by molar-refractivity contribution is 0.0942. The van der Waals surface area contributed by atoms with Gasteiger partial charge in [0.25, 0.3) is 5.91 Å². The van der Waals surface area contributed by atoms with Crippen LogP contribution in [0, 0.1) is 5.92 Å². The second kappa shape index (κ2) is 8.10. The quantitative estimate of drug-likeness (QED) is 0.830. The molecule has 0 spiro atoms. The van der Waals surface area contributed by atoms with Gasteiger partial charge in [0.15, 0.2) is 0 Å². The van der Waals surface area contributed by atoms with Gasteiger partial charge in [-0.25, -0.2) is 0 Å². The summed E-state index contributed by atoms with van der Waals surface area (Å²) in [5.74, 6) is 0.417. The molecule has 1 fully saturated rings. The van der Waals surface area contributed by atoms with E-state index < -0.39 is 0 Å². The third-order valence-electron chi connectivity index (χ3n) is 3.92. The summed E-state index contributed by atoms with van der Waals surface area (Å²) in [4.78, 5) is 18.7. The zero-order valence-corrected chi connectivity index (χ0v) is 12.8. The van der Waals surface area contributed by atoms with Crippen molar-refractivity contribution < 1.29 is 4.79 Å². The Morgan fingerprint density at radius 3 is 2.90 bits per heavy atom. The summed E-state index contributed by atoms with van der Waals surface area (Å²) in [5, 5.41) is 3.01. The molecule has 1 amide bonds. The number of nitrogens with two attached hydrogens (primary N) is 1. The van der Waals surface area contributed by atoms with Crippen LogP contribution in [0.15, 0.2) is 18.3 Å². The van der Waals surface area contributed by atoms with E-state index in [1.54, 1.807) is 18.3 Å². The zero-order valence-electron chi connectivity index (χ0n) is 12.8. The van der Waals surface area contributed by atoms with Crippen LogP contribution in [0.3, 0.4) is 0 Å². The molecular weight excluding hydrogens is 264 g/mol. The molecule has 1 saturated heterocycles. The maximum Gasteiger partial charge on any atom is 0.251 e. The third kappa shape index (κ3) is 5.10. The minimum atomic E-state index is -0.0439. The number of aromatic nitrogens is 1. The molecule has 1 aromatic heterocycles. The summed E-state index contributed by atoms with van der Waals surface area (Å²) in [5.41, 5.74) is 6.92. The molecule has 0 saturated carbocycles. The molecule has 0 aromatic carbocycles. The van der Waals surface area contributed by atoms with Crippen LogP contribution < -0.4 is 11.1 Å². The van der Waals surface area contributed by atoms with Crippen LogP contribution in [0.2, 0.25) is 0 Å². The summed E-state index contributed by atoms with van der Waals surface area (Å²) in [6, 6.07) is 3.48. The van der Waals surface area contributed by atoms with Gasteiger partial charge in [0.1, 0.15) is 0 Å². The second-order valence-corrected chi connectivity index (χ2v) is 5.92. The minimum absolute atomic E-state index is 0.0439. The first-order valence-corrected chi connectivity index (χ1v) is 7.84. The van der Waals surface area contributed by atoms with Crippen molar-refractivity contribution >= 4 is 5.91 Å². The smallest absolute Gasteiger partial charge is 0.251 e. The maximum absolute atomic E-state index is 12.1. The number of piperidine rings is 1. The first kappa shape index (κ1) is 15.9. The Bertz CT molecular complexity index is 457. The molecule has 1 aromatic rings. The van der Waals surface area contributed by atoms with Gasteiger partial charge >= 0.3 is 0 Å². The molecule has 0 aliphatic carbocycles. The monoisotopic (exact) mass is 290 g/mol. The van der Waals surface area contributed by atoms with E-state index in [1.165, 1.54) is 32.4 Å². The predicted molar refractivity (Wildman–Crippen MR) is 83.9 cm³/mol. The Balaban J connectivity index is 1.77. The van der Waals surface area contributed by atoms with Gasteiger partial charge in [-0.3, -0.25) is 9.78 Å². The lowest BCUT2D eigenvalue weighted by Crippen LogP contribution is -2.38. The Labute approximate surface area is 126 Å². The highest BCUT2D eigenvalue weighted by Gasteiger charge is 2.14. The van der Waals surface area contributed by atoms with Crippen molar-refractivity contribution in [3.63, 3.8) is 0 Å². The molecule has 1 aliphatic rings. The Morgan fingerprint density at radius 2 is 2.19 bits per heavy atom. The van der Waals surface area contributed by atoms with Gasteiger partial charge in [-0.2, -0.15) is 0 Å². The second-order valence-electron chi connectivity index (χ2n) is 5.92. The molecule has 2 rings (SSSR count). The number of rotatable bonds is 6. The van der Waals surface area contributed by atoms with E-state index in [0.717, 1.165) is 12.2 Å². The standard InChI is InChI=1S/C16H26N4O/c1-13(12-20-7-3-2-4-8-20)11-19-16(21)14-5-6-18-15(9-14)10-17/h5-6,9,13H,2-4,7-8,10-12,17H2,1H3,(H,19,21). The molecule has 1 atom stereocenters. The molecule has 0 bridgehead atoms. The Hall–Kier alpha value is -1.46. The van der Waals surface area contributed by atoms with Gasteiger partial charge in [-0.1, -0.05) is 13.3 Å². The fraction of sp³-hybridized carbons (Fsp3) is 0.625. The first-order valence-electron chi connectivity index (χ1n) is 7.84. The molecule has 1 unspecified atom stereocenters. The van der Waals surface area contributed by atoms with E-state index in [2.05, 4.69) is 22.1 Å². The van der Waals surface area contributed by atoms with Gasteiger partial charge in [-0.15, -0.1) is 0 Å². The number of nitrogens with one attached hydrogen (secondary N) is 1. The van der Waals surface area contributed by atoms with Crippen LogP contribution in [-0.4, -0.2) is 42.0 Å². The Morgan fingerprint density at radius 1 is 1.43 bits per heavy atom. The molecule has 0 radical (unpaired) electrons. The molecule has 2 heterocycles. The summed E-state index contributed by atoms with van der Waals surface area (Å²) >= 11 is 0. The van der Waals surface area contributed by atoms with Crippen molar-refractivity contribution in [2.45, 2.75) is 32.7 Å². The molecule has 5 nitrogen and oxygen atoms in total. The van der Waals surface area contributed by atoms with E-state index in [-0.39, 0.29) is 5.91 Å². The van der Waals surface area contributed by atoms with Crippen molar-refractivity contribution in [1.29, 1.82) is 0 Å². The number of carbonyl (C=O) groups is 1. The van der Waals surface area contributed by atoms with Crippen molar-refractivity contribution in [1.82, 2.24) is 15.2 Å². The molecular formula is C16H26N4O. The van der Waals surface area contributed by atoms with E-state index >= 15 is 0 Å². The predicted octanol–water partition coefficient (Wildman–Crippen LogP) is 1.39. The maximum atomic E-state index is 12.1. The van der Waals surface area contributed by atoms with E-state index in [0.29, 0.717) is 24.6 Å². The van der Waals surface area contributed by atoms with Crippen molar-refractivity contribution in [2.24, 2.45) is 11.7 Å². The summed E-state index contributed by atoms with van der Waals surface area (Å²) in [7, 11) is 0. The average molecular weight is 290 g/mol. The molecule has 5 heteroatoms.